The highest BCUT2D eigenvalue weighted by Gasteiger charge is 2.39. The van der Waals surface area contributed by atoms with Crippen LogP contribution in [0.1, 0.15) is 12.0 Å². The van der Waals surface area contributed by atoms with Gasteiger partial charge >= 0.3 is 0 Å². The molecule has 1 heterocycles. The van der Waals surface area contributed by atoms with Gasteiger partial charge in [0.2, 0.25) is 0 Å². The molecule has 0 bridgehead atoms. The number of anilines is 1. The molecule has 1 saturated heterocycles. The first-order valence-electron chi connectivity index (χ1n) is 5.29. The Morgan fingerprint density at radius 1 is 1.38 bits per heavy atom. The van der Waals surface area contributed by atoms with Crippen LogP contribution in [-0.4, -0.2) is 27.4 Å². The van der Waals surface area contributed by atoms with Gasteiger partial charge in [-0.3, -0.25) is 0 Å². The molecule has 0 saturated carbocycles. The SMILES string of the molecule is COc1c(N)cccc1C1(OC)CCOC1. The van der Waals surface area contributed by atoms with Gasteiger partial charge in [0.15, 0.2) is 0 Å². The molecule has 1 aliphatic rings. The average molecular weight is 223 g/mol. The molecule has 1 aliphatic heterocycles. The van der Waals surface area contributed by atoms with E-state index in [1.807, 2.05) is 18.2 Å². The summed E-state index contributed by atoms with van der Waals surface area (Å²) in [4.78, 5) is 0. The van der Waals surface area contributed by atoms with Crippen molar-refractivity contribution in [3.05, 3.63) is 23.8 Å². The van der Waals surface area contributed by atoms with Crippen molar-refractivity contribution < 1.29 is 14.2 Å². The van der Waals surface area contributed by atoms with Gasteiger partial charge in [0.25, 0.3) is 0 Å². The van der Waals surface area contributed by atoms with Crippen molar-refractivity contribution in [1.82, 2.24) is 0 Å². The highest BCUT2D eigenvalue weighted by Crippen LogP contribution is 2.41. The Hall–Kier alpha value is -1.26. The Morgan fingerprint density at radius 3 is 2.75 bits per heavy atom. The van der Waals surface area contributed by atoms with Crippen LogP contribution in [-0.2, 0) is 15.1 Å². The monoisotopic (exact) mass is 223 g/mol. The van der Waals surface area contributed by atoms with E-state index < -0.39 is 5.60 Å². The van der Waals surface area contributed by atoms with E-state index in [9.17, 15) is 0 Å². The maximum Gasteiger partial charge on any atom is 0.147 e. The minimum Gasteiger partial charge on any atom is -0.494 e. The molecule has 4 nitrogen and oxygen atoms in total. The minimum atomic E-state index is -0.416. The van der Waals surface area contributed by atoms with E-state index in [4.69, 9.17) is 19.9 Å². The van der Waals surface area contributed by atoms with Crippen molar-refractivity contribution in [3.63, 3.8) is 0 Å². The molecule has 1 aromatic rings. The van der Waals surface area contributed by atoms with Gasteiger partial charge in [0.1, 0.15) is 11.4 Å². The molecular weight excluding hydrogens is 206 g/mol. The lowest BCUT2D eigenvalue weighted by molar-refractivity contribution is -0.0227. The van der Waals surface area contributed by atoms with E-state index >= 15 is 0 Å². The molecule has 0 amide bonds. The van der Waals surface area contributed by atoms with E-state index in [1.165, 1.54) is 0 Å². The van der Waals surface area contributed by atoms with E-state index in [0.717, 1.165) is 12.0 Å². The summed E-state index contributed by atoms with van der Waals surface area (Å²) in [5, 5.41) is 0. The number of hydrogen-bond acceptors (Lipinski definition) is 4. The van der Waals surface area contributed by atoms with Crippen molar-refractivity contribution in [2.24, 2.45) is 0 Å². The van der Waals surface area contributed by atoms with Crippen molar-refractivity contribution in [2.45, 2.75) is 12.0 Å². The smallest absolute Gasteiger partial charge is 0.147 e. The Labute approximate surface area is 95.3 Å². The summed E-state index contributed by atoms with van der Waals surface area (Å²) in [5.41, 5.74) is 7.07. The maximum atomic E-state index is 5.89. The van der Waals surface area contributed by atoms with Gasteiger partial charge in [-0.2, -0.15) is 0 Å². The van der Waals surface area contributed by atoms with Crippen LogP contribution in [0.25, 0.3) is 0 Å². The van der Waals surface area contributed by atoms with E-state index in [-0.39, 0.29) is 0 Å². The number of rotatable bonds is 3. The van der Waals surface area contributed by atoms with Gasteiger partial charge in [0, 0.05) is 25.7 Å². The van der Waals surface area contributed by atoms with Gasteiger partial charge in [-0.05, 0) is 6.07 Å². The van der Waals surface area contributed by atoms with Gasteiger partial charge in [-0.1, -0.05) is 12.1 Å². The van der Waals surface area contributed by atoms with Crippen molar-refractivity contribution in [1.29, 1.82) is 0 Å². The van der Waals surface area contributed by atoms with Crippen LogP contribution >= 0.6 is 0 Å². The molecule has 1 unspecified atom stereocenters. The summed E-state index contributed by atoms with van der Waals surface area (Å²) in [6, 6.07) is 5.71. The molecular formula is C12H17NO3. The zero-order valence-corrected chi connectivity index (χ0v) is 9.66. The number of nitrogens with two attached hydrogens (primary N) is 1. The maximum absolute atomic E-state index is 5.89. The molecule has 1 atom stereocenters. The fourth-order valence-corrected chi connectivity index (χ4v) is 2.17. The number of para-hydroxylation sites is 1. The second kappa shape index (κ2) is 4.31. The number of ether oxygens (including phenoxy) is 3. The molecule has 0 aliphatic carbocycles. The van der Waals surface area contributed by atoms with Crippen LogP contribution in [0.15, 0.2) is 18.2 Å². The van der Waals surface area contributed by atoms with Crippen LogP contribution < -0.4 is 10.5 Å². The summed E-state index contributed by atoms with van der Waals surface area (Å²) in [6.07, 6.45) is 0.823. The zero-order chi connectivity index (χ0) is 11.6. The van der Waals surface area contributed by atoms with Crippen LogP contribution in [0.2, 0.25) is 0 Å². The van der Waals surface area contributed by atoms with Gasteiger partial charge in [0.05, 0.1) is 19.4 Å². The Kier molecular flexibility index (Phi) is 3.03. The summed E-state index contributed by atoms with van der Waals surface area (Å²) in [5.74, 6) is 0.690. The highest BCUT2D eigenvalue weighted by atomic mass is 16.6. The molecule has 1 fully saturated rings. The summed E-state index contributed by atoms with van der Waals surface area (Å²) in [7, 11) is 3.31. The van der Waals surface area contributed by atoms with Crippen LogP contribution in [0.5, 0.6) is 5.75 Å². The highest BCUT2D eigenvalue weighted by molar-refractivity contribution is 5.58. The van der Waals surface area contributed by atoms with Crippen LogP contribution in [0, 0.1) is 0 Å². The first kappa shape index (κ1) is 11.2. The molecule has 1 aromatic carbocycles. The van der Waals surface area contributed by atoms with E-state index in [0.29, 0.717) is 24.7 Å². The van der Waals surface area contributed by atoms with Gasteiger partial charge < -0.3 is 19.9 Å². The molecule has 0 radical (unpaired) electrons. The number of methoxy groups -OCH3 is 2. The Morgan fingerprint density at radius 2 is 2.19 bits per heavy atom. The Bertz CT molecular complexity index is 373. The molecule has 2 N–H and O–H groups in total. The molecule has 2 rings (SSSR count). The van der Waals surface area contributed by atoms with Gasteiger partial charge in [-0.15, -0.1) is 0 Å². The molecule has 0 spiro atoms. The minimum absolute atomic E-state index is 0.416. The van der Waals surface area contributed by atoms with Crippen LogP contribution in [0.4, 0.5) is 5.69 Å². The quantitative estimate of drug-likeness (QED) is 0.790. The lowest BCUT2D eigenvalue weighted by atomic mass is 9.91. The summed E-state index contributed by atoms with van der Waals surface area (Å²) >= 11 is 0. The second-order valence-electron chi connectivity index (χ2n) is 3.93. The lowest BCUT2D eigenvalue weighted by Crippen LogP contribution is -2.29. The first-order chi connectivity index (χ1) is 7.73. The molecule has 4 heteroatoms. The summed E-state index contributed by atoms with van der Waals surface area (Å²) in [6.45, 7) is 1.25. The fourth-order valence-electron chi connectivity index (χ4n) is 2.17. The summed E-state index contributed by atoms with van der Waals surface area (Å²) < 4.78 is 16.4. The van der Waals surface area contributed by atoms with E-state index in [2.05, 4.69) is 0 Å². The first-order valence-corrected chi connectivity index (χ1v) is 5.29. The number of benzene rings is 1. The second-order valence-corrected chi connectivity index (χ2v) is 3.93. The largest absolute Gasteiger partial charge is 0.494 e. The number of nitrogen functional groups attached to an aromatic ring is 1. The third kappa shape index (κ3) is 1.64. The van der Waals surface area contributed by atoms with Crippen molar-refractivity contribution in [2.75, 3.05) is 33.2 Å². The van der Waals surface area contributed by atoms with Crippen molar-refractivity contribution in [3.8, 4) is 5.75 Å². The normalized spacial score (nSPS) is 24.6. The predicted octanol–water partition coefficient (Wildman–Crippen LogP) is 1.54. The van der Waals surface area contributed by atoms with Crippen molar-refractivity contribution >= 4 is 5.69 Å². The third-order valence-corrected chi connectivity index (χ3v) is 3.12. The topological polar surface area (TPSA) is 53.7 Å². The fraction of sp³-hybridized carbons (Fsp3) is 0.500. The standard InChI is InChI=1S/C12H17NO3/c1-14-11-9(4-3-5-10(11)13)12(15-2)6-7-16-8-12/h3-5H,6-8,13H2,1-2H3. The third-order valence-electron chi connectivity index (χ3n) is 3.12. The van der Waals surface area contributed by atoms with E-state index in [1.54, 1.807) is 14.2 Å². The predicted molar refractivity (Wildman–Crippen MR) is 61.5 cm³/mol. The van der Waals surface area contributed by atoms with Gasteiger partial charge in [-0.25, -0.2) is 0 Å². The number of hydrogen-bond donors (Lipinski definition) is 1. The zero-order valence-electron chi connectivity index (χ0n) is 9.66. The Balaban J connectivity index is 2.49. The molecule has 16 heavy (non-hydrogen) atoms. The molecule has 88 valence electrons. The van der Waals surface area contributed by atoms with Crippen LogP contribution in [0.3, 0.4) is 0 Å². The average Bonchev–Trinajstić information content (AvgIpc) is 2.78. The lowest BCUT2D eigenvalue weighted by Gasteiger charge is -2.28. The molecule has 0 aromatic heterocycles.